The highest BCUT2D eigenvalue weighted by molar-refractivity contribution is 5.88. The first-order valence-corrected chi connectivity index (χ1v) is 8.26. The zero-order valence-electron chi connectivity index (χ0n) is 14.3. The molecule has 0 saturated heterocycles. The van der Waals surface area contributed by atoms with Gasteiger partial charge in [0.1, 0.15) is 11.3 Å². The maximum atomic E-state index is 12.2. The van der Waals surface area contributed by atoms with Gasteiger partial charge in [-0.15, -0.1) is 0 Å². The minimum atomic E-state index is -0.424. The molecule has 0 amide bonds. The standard InChI is InChI=1S/C20H20N2O3/c1-3-22(4-2)17-8-5-14-11-15(20(24)25-19(14)12-17)13-21-16-6-9-18(23)10-7-16/h5-13,23H,3-4H2,1-2H3. The minimum Gasteiger partial charge on any atom is -0.508 e. The molecule has 0 fully saturated rings. The van der Waals surface area contributed by atoms with E-state index in [9.17, 15) is 9.90 Å². The molecule has 0 aliphatic heterocycles. The molecular formula is C20H20N2O3. The summed E-state index contributed by atoms with van der Waals surface area (Å²) < 4.78 is 5.47. The highest BCUT2D eigenvalue weighted by Gasteiger charge is 2.07. The van der Waals surface area contributed by atoms with Crippen molar-refractivity contribution in [2.75, 3.05) is 18.0 Å². The van der Waals surface area contributed by atoms with Crippen LogP contribution in [0.25, 0.3) is 11.0 Å². The Bertz CT molecular complexity index is 955. The van der Waals surface area contributed by atoms with E-state index in [1.165, 1.54) is 6.21 Å². The smallest absolute Gasteiger partial charge is 0.345 e. The lowest BCUT2D eigenvalue weighted by molar-refractivity contribution is 0.475. The molecule has 2 aromatic carbocycles. The summed E-state index contributed by atoms with van der Waals surface area (Å²) in [5.74, 6) is 0.174. The van der Waals surface area contributed by atoms with Crippen LogP contribution in [-0.4, -0.2) is 24.4 Å². The van der Waals surface area contributed by atoms with Crippen molar-refractivity contribution in [3.8, 4) is 5.75 Å². The number of phenolic OH excluding ortho intramolecular Hbond substituents is 1. The van der Waals surface area contributed by atoms with E-state index in [0.717, 1.165) is 24.2 Å². The van der Waals surface area contributed by atoms with Gasteiger partial charge in [-0.1, -0.05) is 0 Å². The van der Waals surface area contributed by atoms with Crippen LogP contribution in [0.2, 0.25) is 0 Å². The summed E-state index contributed by atoms with van der Waals surface area (Å²) in [4.78, 5) is 18.7. The fourth-order valence-corrected chi connectivity index (χ4v) is 2.67. The normalized spacial score (nSPS) is 11.3. The van der Waals surface area contributed by atoms with Crippen LogP contribution in [-0.2, 0) is 0 Å². The maximum Gasteiger partial charge on any atom is 0.345 e. The molecular weight excluding hydrogens is 316 g/mol. The summed E-state index contributed by atoms with van der Waals surface area (Å²) in [6.45, 7) is 5.97. The van der Waals surface area contributed by atoms with Gasteiger partial charge in [0, 0.05) is 36.4 Å². The summed E-state index contributed by atoms with van der Waals surface area (Å²) in [5, 5.41) is 10.1. The summed E-state index contributed by atoms with van der Waals surface area (Å²) in [5.41, 5.74) is 2.21. The first kappa shape index (κ1) is 16.8. The average molecular weight is 336 g/mol. The lowest BCUT2D eigenvalue weighted by atomic mass is 10.1. The number of rotatable bonds is 5. The van der Waals surface area contributed by atoms with Crippen LogP contribution >= 0.6 is 0 Å². The Hall–Kier alpha value is -3.08. The maximum absolute atomic E-state index is 12.2. The Kier molecular flexibility index (Phi) is 4.84. The highest BCUT2D eigenvalue weighted by Crippen LogP contribution is 2.22. The molecule has 0 aliphatic carbocycles. The van der Waals surface area contributed by atoms with Crippen LogP contribution in [0, 0.1) is 0 Å². The van der Waals surface area contributed by atoms with Gasteiger partial charge in [-0.25, -0.2) is 4.79 Å². The third-order valence-electron chi connectivity index (χ3n) is 4.08. The van der Waals surface area contributed by atoms with Crippen molar-refractivity contribution in [2.24, 2.45) is 4.99 Å². The number of anilines is 1. The van der Waals surface area contributed by atoms with Crippen molar-refractivity contribution < 1.29 is 9.52 Å². The third kappa shape index (κ3) is 3.71. The van der Waals surface area contributed by atoms with E-state index in [1.54, 1.807) is 30.3 Å². The molecule has 0 atom stereocenters. The van der Waals surface area contributed by atoms with Crippen molar-refractivity contribution in [3.05, 3.63) is 64.5 Å². The third-order valence-corrected chi connectivity index (χ3v) is 4.08. The predicted molar refractivity (Wildman–Crippen MR) is 101 cm³/mol. The molecule has 0 radical (unpaired) electrons. The van der Waals surface area contributed by atoms with Gasteiger partial charge in [-0.2, -0.15) is 0 Å². The summed E-state index contributed by atoms with van der Waals surface area (Å²) in [6, 6.07) is 14.1. The lowest BCUT2D eigenvalue weighted by Crippen LogP contribution is -2.21. The number of aromatic hydroxyl groups is 1. The van der Waals surface area contributed by atoms with Crippen molar-refractivity contribution in [1.82, 2.24) is 0 Å². The molecule has 5 nitrogen and oxygen atoms in total. The SMILES string of the molecule is CCN(CC)c1ccc2cc(C=Nc3ccc(O)cc3)c(=O)oc2c1. The Balaban J connectivity index is 1.95. The molecule has 0 bridgehead atoms. The summed E-state index contributed by atoms with van der Waals surface area (Å²) >= 11 is 0. The highest BCUT2D eigenvalue weighted by atomic mass is 16.4. The van der Waals surface area contributed by atoms with Crippen LogP contribution in [0.1, 0.15) is 19.4 Å². The van der Waals surface area contributed by atoms with E-state index in [4.69, 9.17) is 4.42 Å². The predicted octanol–water partition coefficient (Wildman–Crippen LogP) is 4.10. The van der Waals surface area contributed by atoms with Gasteiger partial charge in [0.2, 0.25) is 0 Å². The number of nitrogens with zero attached hydrogens (tertiary/aromatic N) is 2. The molecule has 1 N–H and O–H groups in total. The molecule has 25 heavy (non-hydrogen) atoms. The molecule has 0 aliphatic rings. The second-order valence-corrected chi connectivity index (χ2v) is 5.66. The van der Waals surface area contributed by atoms with Gasteiger partial charge in [-0.3, -0.25) is 4.99 Å². The number of aliphatic imine (C=N–C) groups is 1. The van der Waals surface area contributed by atoms with Crippen LogP contribution < -0.4 is 10.5 Å². The topological polar surface area (TPSA) is 66.0 Å². The second kappa shape index (κ2) is 7.21. The first-order chi connectivity index (χ1) is 12.1. The van der Waals surface area contributed by atoms with Crippen molar-refractivity contribution in [3.63, 3.8) is 0 Å². The van der Waals surface area contributed by atoms with E-state index in [2.05, 4.69) is 23.7 Å². The molecule has 3 aromatic rings. The summed E-state index contributed by atoms with van der Waals surface area (Å²) in [6.07, 6.45) is 1.48. The molecule has 1 heterocycles. The zero-order chi connectivity index (χ0) is 17.8. The molecule has 128 valence electrons. The monoisotopic (exact) mass is 336 g/mol. The molecule has 3 rings (SSSR count). The number of hydrogen-bond acceptors (Lipinski definition) is 5. The largest absolute Gasteiger partial charge is 0.508 e. The van der Waals surface area contributed by atoms with E-state index in [-0.39, 0.29) is 5.75 Å². The van der Waals surface area contributed by atoms with Crippen molar-refractivity contribution in [1.29, 1.82) is 0 Å². The fourth-order valence-electron chi connectivity index (χ4n) is 2.67. The van der Waals surface area contributed by atoms with Crippen molar-refractivity contribution >= 4 is 28.6 Å². The van der Waals surface area contributed by atoms with Crippen LogP contribution in [0.15, 0.2) is 62.7 Å². The quantitative estimate of drug-likeness (QED) is 0.563. The van der Waals surface area contributed by atoms with Crippen LogP contribution in [0.4, 0.5) is 11.4 Å². The van der Waals surface area contributed by atoms with E-state index in [0.29, 0.717) is 16.8 Å². The fraction of sp³-hybridized carbons (Fsp3) is 0.200. The number of hydrogen-bond donors (Lipinski definition) is 1. The average Bonchev–Trinajstić information content (AvgIpc) is 2.62. The molecule has 1 aromatic heterocycles. The molecule has 5 heteroatoms. The van der Waals surface area contributed by atoms with Gasteiger partial charge in [0.15, 0.2) is 0 Å². The van der Waals surface area contributed by atoms with Crippen molar-refractivity contribution in [2.45, 2.75) is 13.8 Å². The number of fused-ring (bicyclic) bond motifs is 1. The first-order valence-electron chi connectivity index (χ1n) is 8.26. The number of phenols is 1. The van der Waals surface area contributed by atoms with E-state index in [1.807, 2.05) is 18.2 Å². The molecule has 0 unspecified atom stereocenters. The Morgan fingerprint density at radius 2 is 1.80 bits per heavy atom. The van der Waals surface area contributed by atoms with Gasteiger partial charge in [0.05, 0.1) is 11.3 Å². The Labute approximate surface area is 145 Å². The Morgan fingerprint density at radius 3 is 2.48 bits per heavy atom. The molecule has 0 saturated carbocycles. The minimum absolute atomic E-state index is 0.174. The van der Waals surface area contributed by atoms with Gasteiger partial charge < -0.3 is 14.4 Å². The van der Waals surface area contributed by atoms with E-state index >= 15 is 0 Å². The Morgan fingerprint density at radius 1 is 1.08 bits per heavy atom. The zero-order valence-corrected chi connectivity index (χ0v) is 14.3. The van der Waals surface area contributed by atoms with E-state index < -0.39 is 5.63 Å². The van der Waals surface area contributed by atoms with Gasteiger partial charge >= 0.3 is 5.63 Å². The summed E-state index contributed by atoms with van der Waals surface area (Å²) in [7, 11) is 0. The lowest BCUT2D eigenvalue weighted by Gasteiger charge is -2.20. The number of benzene rings is 2. The van der Waals surface area contributed by atoms with Crippen LogP contribution in [0.5, 0.6) is 5.75 Å². The second-order valence-electron chi connectivity index (χ2n) is 5.66. The molecule has 0 spiro atoms. The van der Waals surface area contributed by atoms with Gasteiger partial charge in [-0.05, 0) is 56.3 Å². The van der Waals surface area contributed by atoms with Crippen LogP contribution in [0.3, 0.4) is 0 Å². The van der Waals surface area contributed by atoms with Gasteiger partial charge in [0.25, 0.3) is 0 Å².